The molecule has 0 spiro atoms. The van der Waals surface area contributed by atoms with Crippen LogP contribution >= 0.6 is 11.6 Å². The fourth-order valence-corrected chi connectivity index (χ4v) is 3.95. The van der Waals surface area contributed by atoms with Crippen LogP contribution in [0.1, 0.15) is 28.3 Å². The monoisotopic (exact) mass is 494 g/mol. The molecule has 178 valence electrons. The smallest absolute Gasteiger partial charge is 0.309 e. The van der Waals surface area contributed by atoms with E-state index < -0.39 is 23.8 Å². The summed E-state index contributed by atoms with van der Waals surface area (Å²) in [5.74, 6) is 0. The molecule has 0 radical (unpaired) electrons. The molecule has 0 aromatic heterocycles. The number of carbonyl (C=O) groups is 1. The molecular weight excluding hydrogens is 473 g/mol. The van der Waals surface area contributed by atoms with E-state index in [0.29, 0.717) is 5.02 Å². The molecule has 0 saturated heterocycles. The second kappa shape index (κ2) is 10.7. The van der Waals surface area contributed by atoms with Gasteiger partial charge in [0.05, 0.1) is 11.6 Å². The van der Waals surface area contributed by atoms with Crippen LogP contribution in [-0.2, 0) is 12.7 Å². The maximum atomic E-state index is 13.6. The maximum Gasteiger partial charge on any atom is 0.416 e. The lowest BCUT2D eigenvalue weighted by molar-refractivity contribution is -0.137. The summed E-state index contributed by atoms with van der Waals surface area (Å²) in [6.07, 6.45) is -4.45. The second-order valence-electron chi connectivity index (χ2n) is 7.98. The predicted octanol–water partition coefficient (Wildman–Crippen LogP) is 8.18. The summed E-state index contributed by atoms with van der Waals surface area (Å²) in [6, 6.07) is 29.9. The molecule has 0 fully saturated rings. The Bertz CT molecular complexity index is 1210. The third-order valence-electron chi connectivity index (χ3n) is 5.53. The fourth-order valence-electron chi connectivity index (χ4n) is 3.83. The number of nitrogens with one attached hydrogen (secondary N) is 1. The minimum absolute atomic E-state index is 0.248. The molecule has 3 nitrogen and oxygen atoms in total. The number of rotatable bonds is 6. The molecular formula is C28H22ClF3N2O. The summed E-state index contributed by atoms with van der Waals surface area (Å²) in [5, 5.41) is 3.35. The van der Waals surface area contributed by atoms with E-state index in [-0.39, 0.29) is 12.2 Å². The molecule has 7 heteroatoms. The van der Waals surface area contributed by atoms with Gasteiger partial charge in [0.2, 0.25) is 0 Å². The first kappa shape index (κ1) is 24.4. The zero-order chi connectivity index (χ0) is 24.8. The Kier molecular flexibility index (Phi) is 7.42. The number of hydrogen-bond donors (Lipinski definition) is 1. The molecule has 4 aromatic rings. The van der Waals surface area contributed by atoms with Crippen molar-refractivity contribution in [3.63, 3.8) is 0 Å². The van der Waals surface area contributed by atoms with Crippen LogP contribution in [-0.4, -0.2) is 10.9 Å². The fraction of sp³-hybridized carbons (Fsp3) is 0.107. The lowest BCUT2D eigenvalue weighted by atomic mass is 9.96. The largest absolute Gasteiger partial charge is 0.416 e. The molecule has 0 aliphatic carbocycles. The molecule has 35 heavy (non-hydrogen) atoms. The van der Waals surface area contributed by atoms with Crippen LogP contribution in [0.3, 0.4) is 0 Å². The molecule has 0 saturated carbocycles. The average molecular weight is 495 g/mol. The zero-order valence-electron chi connectivity index (χ0n) is 18.5. The summed E-state index contributed by atoms with van der Waals surface area (Å²) >= 11 is 6.04. The summed E-state index contributed by atoms with van der Waals surface area (Å²) in [6.45, 7) is 0.248. The van der Waals surface area contributed by atoms with E-state index in [2.05, 4.69) is 5.32 Å². The molecule has 0 unspecified atom stereocenters. The first-order valence-corrected chi connectivity index (χ1v) is 11.3. The molecule has 2 amide bonds. The highest BCUT2D eigenvalue weighted by atomic mass is 35.5. The minimum atomic E-state index is -4.45. The molecule has 0 aliphatic heterocycles. The predicted molar refractivity (Wildman–Crippen MR) is 132 cm³/mol. The van der Waals surface area contributed by atoms with Crippen molar-refractivity contribution in [3.8, 4) is 0 Å². The molecule has 0 bridgehead atoms. The van der Waals surface area contributed by atoms with Crippen molar-refractivity contribution in [2.45, 2.75) is 18.8 Å². The van der Waals surface area contributed by atoms with Gasteiger partial charge in [-0.25, -0.2) is 4.79 Å². The van der Waals surface area contributed by atoms with Crippen molar-refractivity contribution in [3.05, 3.63) is 136 Å². The number of nitrogens with zero attached hydrogens (tertiary/aromatic N) is 1. The normalized spacial score (nSPS) is 11.3. The number of urea groups is 1. The average Bonchev–Trinajstić information content (AvgIpc) is 2.86. The van der Waals surface area contributed by atoms with Crippen molar-refractivity contribution in [2.24, 2.45) is 0 Å². The molecule has 0 aliphatic rings. The summed E-state index contributed by atoms with van der Waals surface area (Å²) in [5.41, 5.74) is 2.14. The highest BCUT2D eigenvalue weighted by Crippen LogP contribution is 2.32. The minimum Gasteiger partial charge on any atom is -0.309 e. The van der Waals surface area contributed by atoms with Gasteiger partial charge in [0.25, 0.3) is 0 Å². The summed E-state index contributed by atoms with van der Waals surface area (Å²) in [4.78, 5) is 15.3. The number of benzene rings is 4. The van der Waals surface area contributed by atoms with Gasteiger partial charge in [0.15, 0.2) is 0 Å². The van der Waals surface area contributed by atoms with E-state index in [1.807, 2.05) is 72.8 Å². The van der Waals surface area contributed by atoms with Gasteiger partial charge in [-0.2, -0.15) is 13.2 Å². The van der Waals surface area contributed by atoms with Gasteiger partial charge >= 0.3 is 12.2 Å². The van der Waals surface area contributed by atoms with E-state index in [4.69, 9.17) is 11.6 Å². The van der Waals surface area contributed by atoms with Crippen molar-refractivity contribution in [1.82, 2.24) is 4.90 Å². The van der Waals surface area contributed by atoms with Crippen molar-refractivity contribution in [1.29, 1.82) is 0 Å². The summed E-state index contributed by atoms with van der Waals surface area (Å²) < 4.78 is 38.9. The molecule has 0 heterocycles. The zero-order valence-corrected chi connectivity index (χ0v) is 19.3. The second-order valence-corrected chi connectivity index (χ2v) is 8.42. The van der Waals surface area contributed by atoms with Gasteiger partial charge in [-0.3, -0.25) is 0 Å². The van der Waals surface area contributed by atoms with E-state index in [1.165, 1.54) is 12.1 Å². The van der Waals surface area contributed by atoms with E-state index >= 15 is 0 Å². The van der Waals surface area contributed by atoms with Crippen LogP contribution in [0.4, 0.5) is 23.7 Å². The third kappa shape index (κ3) is 6.22. The van der Waals surface area contributed by atoms with Crippen molar-refractivity contribution < 1.29 is 18.0 Å². The maximum absolute atomic E-state index is 13.6. The van der Waals surface area contributed by atoms with E-state index in [0.717, 1.165) is 28.8 Å². The Morgan fingerprint density at radius 3 is 1.77 bits per heavy atom. The van der Waals surface area contributed by atoms with Crippen LogP contribution in [0, 0.1) is 0 Å². The Morgan fingerprint density at radius 1 is 0.771 bits per heavy atom. The van der Waals surface area contributed by atoms with Crippen molar-refractivity contribution >= 4 is 23.3 Å². The number of carbonyl (C=O) groups excluding carboxylic acids is 1. The number of hydrogen-bond acceptors (Lipinski definition) is 1. The number of alkyl halides is 3. The first-order valence-electron chi connectivity index (χ1n) is 10.9. The SMILES string of the molecule is O=C(Nc1ccc(C(F)(F)F)cc1)N(Cc1ccc(Cl)cc1)C(c1ccccc1)c1ccccc1. The molecule has 0 atom stereocenters. The molecule has 4 rings (SSSR count). The summed E-state index contributed by atoms with van der Waals surface area (Å²) in [7, 11) is 0. The van der Waals surface area contributed by atoms with Gasteiger partial charge in [-0.05, 0) is 53.1 Å². The molecule has 1 N–H and O–H groups in total. The highest BCUT2D eigenvalue weighted by molar-refractivity contribution is 6.30. The Hall–Kier alpha value is -3.77. The van der Waals surface area contributed by atoms with Crippen LogP contribution in [0.5, 0.6) is 0 Å². The number of anilines is 1. The van der Waals surface area contributed by atoms with Gasteiger partial charge in [0.1, 0.15) is 0 Å². The Morgan fingerprint density at radius 2 is 1.29 bits per heavy atom. The third-order valence-corrected chi connectivity index (χ3v) is 5.78. The van der Waals surface area contributed by atoms with Crippen molar-refractivity contribution in [2.75, 3.05) is 5.32 Å². The van der Waals surface area contributed by atoms with Crippen LogP contribution in [0.25, 0.3) is 0 Å². The van der Waals surface area contributed by atoms with Gasteiger partial charge in [0, 0.05) is 17.3 Å². The van der Waals surface area contributed by atoms with E-state index in [1.54, 1.807) is 17.0 Å². The lowest BCUT2D eigenvalue weighted by Gasteiger charge is -2.33. The standard InChI is InChI=1S/C28H22ClF3N2O/c29-24-15-11-20(12-16-24)19-34(27(35)33-25-17-13-23(14-18-25)28(30,31)32)26(21-7-3-1-4-8-21)22-9-5-2-6-10-22/h1-18,26H,19H2,(H,33,35). The van der Waals surface area contributed by atoms with Crippen LogP contribution < -0.4 is 5.32 Å². The van der Waals surface area contributed by atoms with Crippen LogP contribution in [0.2, 0.25) is 5.02 Å². The quantitative estimate of drug-likeness (QED) is 0.288. The number of halogens is 4. The number of amides is 2. The van der Waals surface area contributed by atoms with Gasteiger partial charge < -0.3 is 10.2 Å². The molecule has 4 aromatic carbocycles. The van der Waals surface area contributed by atoms with Gasteiger partial charge in [-0.1, -0.05) is 84.4 Å². The topological polar surface area (TPSA) is 32.3 Å². The Labute approximate surface area is 206 Å². The van der Waals surface area contributed by atoms with E-state index in [9.17, 15) is 18.0 Å². The lowest BCUT2D eigenvalue weighted by Crippen LogP contribution is -2.38. The first-order chi connectivity index (χ1) is 16.8. The Balaban J connectivity index is 1.71. The van der Waals surface area contributed by atoms with Gasteiger partial charge in [-0.15, -0.1) is 0 Å². The highest BCUT2D eigenvalue weighted by Gasteiger charge is 2.31. The van der Waals surface area contributed by atoms with Crippen LogP contribution in [0.15, 0.2) is 109 Å².